The first kappa shape index (κ1) is 30.6. The molecule has 0 aromatic rings. The summed E-state index contributed by atoms with van der Waals surface area (Å²) in [7, 11) is 0. The molecule has 40 heavy (non-hydrogen) atoms. The van der Waals surface area contributed by atoms with Gasteiger partial charge in [-0.05, 0) is 91.6 Å². The van der Waals surface area contributed by atoms with Crippen LogP contribution in [0.15, 0.2) is 34.9 Å². The lowest BCUT2D eigenvalue weighted by molar-refractivity contribution is -0.166. The lowest BCUT2D eigenvalue weighted by Gasteiger charge is -2.61. The van der Waals surface area contributed by atoms with Crippen LogP contribution in [0.5, 0.6) is 0 Å². The number of ether oxygens (including phenoxy) is 2. The minimum Gasteiger partial charge on any atom is -0.478 e. The molecule has 1 N–H and O–H groups in total. The van der Waals surface area contributed by atoms with Crippen LogP contribution < -0.4 is 0 Å². The Bertz CT molecular complexity index is 1160. The van der Waals surface area contributed by atoms with E-state index in [2.05, 4.69) is 53.7 Å². The summed E-state index contributed by atoms with van der Waals surface area (Å²) in [4.78, 5) is 35.6. The maximum atomic E-state index is 12.4. The third kappa shape index (κ3) is 4.67. The smallest absolute Gasteiger partial charge is 0.330 e. The number of fused-ring (bicyclic) bond motifs is 5. The van der Waals surface area contributed by atoms with Gasteiger partial charge in [0, 0.05) is 30.3 Å². The number of carboxylic acids is 1. The Balaban J connectivity index is 1.71. The van der Waals surface area contributed by atoms with Gasteiger partial charge in [0.2, 0.25) is 0 Å². The van der Waals surface area contributed by atoms with Crippen molar-refractivity contribution in [3.63, 3.8) is 0 Å². The van der Waals surface area contributed by atoms with Crippen molar-refractivity contribution in [2.75, 3.05) is 0 Å². The first-order valence-electron chi connectivity index (χ1n) is 15.2. The van der Waals surface area contributed by atoms with Crippen LogP contribution in [0.25, 0.3) is 0 Å². The van der Waals surface area contributed by atoms with Crippen LogP contribution >= 0.6 is 0 Å². The predicted molar refractivity (Wildman–Crippen MR) is 155 cm³/mol. The van der Waals surface area contributed by atoms with Gasteiger partial charge >= 0.3 is 17.9 Å². The Labute approximate surface area is 240 Å². The van der Waals surface area contributed by atoms with E-state index in [1.54, 1.807) is 6.92 Å². The molecule has 6 nitrogen and oxygen atoms in total. The third-order valence-corrected chi connectivity index (χ3v) is 12.0. The van der Waals surface area contributed by atoms with Gasteiger partial charge in [-0.15, -0.1) is 0 Å². The quantitative estimate of drug-likeness (QED) is 0.260. The van der Waals surface area contributed by atoms with Crippen LogP contribution in [0, 0.1) is 39.4 Å². The van der Waals surface area contributed by atoms with E-state index in [-0.39, 0.29) is 45.8 Å². The summed E-state index contributed by atoms with van der Waals surface area (Å²) in [5, 5.41) is 9.25. The predicted octanol–water partition coefficient (Wildman–Crippen LogP) is 7.43. The number of hydrogen-bond donors (Lipinski definition) is 1. The van der Waals surface area contributed by atoms with Crippen molar-refractivity contribution >= 4 is 17.9 Å². The number of carbonyl (C=O) groups is 3. The molecule has 4 aliphatic carbocycles. The molecule has 4 rings (SSSR count). The molecule has 6 heteroatoms. The van der Waals surface area contributed by atoms with Crippen molar-refractivity contribution in [3.8, 4) is 0 Å². The highest BCUT2D eigenvalue weighted by atomic mass is 16.5. The van der Waals surface area contributed by atoms with Crippen molar-refractivity contribution in [3.05, 3.63) is 34.9 Å². The normalized spacial score (nSPS) is 39.1. The van der Waals surface area contributed by atoms with E-state index in [1.165, 1.54) is 25.0 Å². The van der Waals surface area contributed by atoms with Crippen molar-refractivity contribution in [2.45, 2.75) is 119 Å². The molecule has 4 aliphatic rings. The fourth-order valence-electron chi connectivity index (χ4n) is 9.52. The molecule has 2 fully saturated rings. The second-order valence-corrected chi connectivity index (χ2v) is 14.4. The van der Waals surface area contributed by atoms with Crippen LogP contribution in [-0.4, -0.2) is 35.2 Å². The third-order valence-electron chi connectivity index (χ3n) is 12.0. The summed E-state index contributed by atoms with van der Waals surface area (Å²) in [5.74, 6) is -0.286. The fraction of sp³-hybridized carbons (Fsp3) is 0.735. The molecule has 222 valence electrons. The van der Waals surface area contributed by atoms with Crippen molar-refractivity contribution in [2.24, 2.45) is 39.4 Å². The van der Waals surface area contributed by atoms with Gasteiger partial charge in [0.05, 0.1) is 0 Å². The van der Waals surface area contributed by atoms with Gasteiger partial charge in [0.1, 0.15) is 12.2 Å². The standard InChI is InChI=1S/C34H50O6/c1-20(11-10-12-21(2)30(37)38)26-19-29(40-23(4)36)34(9)25-13-14-27-31(5,6)28(39-22(3)35)16-17-32(27,7)24(25)15-18-33(26,34)8/h12-13,15,20,26-29H,10-11,14,16-19H2,1-9H3,(H,37,38)/b21-12+. The molecule has 0 saturated heterocycles. The second kappa shape index (κ2) is 10.5. The average Bonchev–Trinajstić information content (AvgIpc) is 3.07. The van der Waals surface area contributed by atoms with E-state index in [9.17, 15) is 19.5 Å². The van der Waals surface area contributed by atoms with E-state index >= 15 is 0 Å². The van der Waals surface area contributed by atoms with E-state index in [4.69, 9.17) is 9.47 Å². The highest BCUT2D eigenvalue weighted by Gasteiger charge is 2.67. The number of hydrogen-bond acceptors (Lipinski definition) is 5. The second-order valence-electron chi connectivity index (χ2n) is 14.4. The zero-order chi connectivity index (χ0) is 29.8. The maximum absolute atomic E-state index is 12.4. The molecule has 0 bridgehead atoms. The summed E-state index contributed by atoms with van der Waals surface area (Å²) in [5.41, 5.74) is 2.53. The first-order chi connectivity index (χ1) is 18.5. The molecular weight excluding hydrogens is 504 g/mol. The first-order valence-corrected chi connectivity index (χ1v) is 15.2. The number of carboxylic acid groups (broad SMARTS) is 1. The fourth-order valence-corrected chi connectivity index (χ4v) is 9.52. The van der Waals surface area contributed by atoms with Gasteiger partial charge in [-0.3, -0.25) is 9.59 Å². The molecule has 0 heterocycles. The number of carbonyl (C=O) groups excluding carboxylic acids is 2. The van der Waals surface area contributed by atoms with Crippen LogP contribution in [0.2, 0.25) is 0 Å². The molecular formula is C34H50O6. The zero-order valence-corrected chi connectivity index (χ0v) is 26.1. The largest absolute Gasteiger partial charge is 0.478 e. The van der Waals surface area contributed by atoms with Gasteiger partial charge in [-0.1, -0.05) is 59.8 Å². The van der Waals surface area contributed by atoms with Gasteiger partial charge in [-0.25, -0.2) is 4.79 Å². The van der Waals surface area contributed by atoms with Crippen LogP contribution in [0.3, 0.4) is 0 Å². The highest BCUT2D eigenvalue weighted by Crippen LogP contribution is 2.72. The lowest BCUT2D eigenvalue weighted by Crippen LogP contribution is -2.56. The Morgan fingerprint density at radius 1 is 1.00 bits per heavy atom. The molecule has 0 aromatic carbocycles. The SMILES string of the molecule is CC(=O)OC1CCC2(C)C3=CCC4(C)C(C(C)CC/C=C(\C)C(=O)O)CC(OC(C)=O)C4(C)C3=CCC2C1(C)C. The highest BCUT2D eigenvalue weighted by molar-refractivity contribution is 5.85. The number of esters is 2. The van der Waals surface area contributed by atoms with Crippen LogP contribution in [0.4, 0.5) is 0 Å². The Kier molecular flexibility index (Phi) is 8.01. The average molecular weight is 555 g/mol. The van der Waals surface area contributed by atoms with Gasteiger partial charge < -0.3 is 14.6 Å². The molecule has 2 saturated carbocycles. The van der Waals surface area contributed by atoms with E-state index < -0.39 is 5.97 Å². The van der Waals surface area contributed by atoms with Crippen LogP contribution in [0.1, 0.15) is 107 Å². The monoisotopic (exact) mass is 554 g/mol. The Hall–Kier alpha value is -2.37. The molecule has 0 radical (unpaired) electrons. The van der Waals surface area contributed by atoms with E-state index in [0.29, 0.717) is 23.3 Å². The van der Waals surface area contributed by atoms with Gasteiger partial charge in [0.25, 0.3) is 0 Å². The van der Waals surface area contributed by atoms with Gasteiger partial charge in [0.15, 0.2) is 0 Å². The molecule has 8 atom stereocenters. The minimum atomic E-state index is -0.867. The molecule has 0 aromatic heterocycles. The molecule has 8 unspecified atom stereocenters. The summed E-state index contributed by atoms with van der Waals surface area (Å²) in [6.45, 7) is 18.6. The van der Waals surface area contributed by atoms with Crippen molar-refractivity contribution in [1.82, 2.24) is 0 Å². The summed E-state index contributed by atoms with van der Waals surface area (Å²) in [6.07, 6.45) is 12.5. The number of aliphatic carboxylic acids is 1. The Morgan fingerprint density at radius 3 is 2.23 bits per heavy atom. The summed E-state index contributed by atoms with van der Waals surface area (Å²) >= 11 is 0. The van der Waals surface area contributed by atoms with E-state index in [1.807, 2.05) is 6.08 Å². The van der Waals surface area contributed by atoms with Crippen molar-refractivity contribution < 1.29 is 29.0 Å². The van der Waals surface area contributed by atoms with Gasteiger partial charge in [-0.2, -0.15) is 0 Å². The number of allylic oxidation sites excluding steroid dienone is 4. The molecule has 0 spiro atoms. The van der Waals surface area contributed by atoms with E-state index in [0.717, 1.165) is 44.9 Å². The topological polar surface area (TPSA) is 89.9 Å². The summed E-state index contributed by atoms with van der Waals surface area (Å²) in [6, 6.07) is 0. The summed E-state index contributed by atoms with van der Waals surface area (Å²) < 4.78 is 12.0. The lowest BCUT2D eigenvalue weighted by atomic mass is 9.44. The molecule has 0 amide bonds. The molecule has 0 aliphatic heterocycles. The minimum absolute atomic E-state index is 0.0435. The van der Waals surface area contributed by atoms with Crippen molar-refractivity contribution in [1.29, 1.82) is 0 Å². The zero-order valence-electron chi connectivity index (χ0n) is 26.1. The van der Waals surface area contributed by atoms with Crippen LogP contribution in [-0.2, 0) is 23.9 Å². The number of rotatable bonds is 7. The Morgan fingerprint density at radius 2 is 1.62 bits per heavy atom. The maximum Gasteiger partial charge on any atom is 0.330 e.